The number of ether oxygens (including phenoxy) is 1. The Labute approximate surface area is 197 Å². The largest absolute Gasteiger partial charge is 0.462 e. The first-order chi connectivity index (χ1) is 14.9. The fraction of sp³-hybridized carbons (Fsp3) is 0.741. The van der Waals surface area contributed by atoms with E-state index in [0.29, 0.717) is 11.1 Å². The van der Waals surface area contributed by atoms with Crippen molar-refractivity contribution in [3.8, 4) is 0 Å². The van der Waals surface area contributed by atoms with E-state index in [9.17, 15) is 4.79 Å². The van der Waals surface area contributed by atoms with Crippen LogP contribution in [0.15, 0.2) is 24.3 Å². The first-order valence-corrected chi connectivity index (χ1v) is 13.0. The Balaban J connectivity index is 2.34. The van der Waals surface area contributed by atoms with Gasteiger partial charge >= 0.3 is 5.97 Å². The van der Waals surface area contributed by atoms with Crippen LogP contribution in [0.5, 0.6) is 0 Å². The van der Waals surface area contributed by atoms with Gasteiger partial charge in [0.1, 0.15) is 6.54 Å². The predicted molar refractivity (Wildman–Crippen MR) is 133 cm³/mol. The van der Waals surface area contributed by atoms with Gasteiger partial charge in [0.25, 0.3) is 0 Å². The van der Waals surface area contributed by atoms with Crippen LogP contribution in [0.25, 0.3) is 0 Å². The van der Waals surface area contributed by atoms with Crippen molar-refractivity contribution in [2.24, 2.45) is 0 Å². The molecule has 1 aromatic carbocycles. The lowest BCUT2D eigenvalue weighted by Gasteiger charge is -2.36. The fourth-order valence-corrected chi connectivity index (χ4v) is 4.47. The number of hydrogen-bond acceptors (Lipinski definition) is 2. The molecule has 0 aliphatic rings. The van der Waals surface area contributed by atoms with Crippen LogP contribution >= 0.6 is 11.6 Å². The van der Waals surface area contributed by atoms with Crippen molar-refractivity contribution in [3.63, 3.8) is 0 Å². The zero-order valence-electron chi connectivity index (χ0n) is 20.6. The molecule has 0 fully saturated rings. The first kappa shape index (κ1) is 28.0. The van der Waals surface area contributed by atoms with Gasteiger partial charge in [0, 0.05) is 17.0 Å². The number of nitrogens with zero attached hydrogens (tertiary/aromatic N) is 1. The van der Waals surface area contributed by atoms with Crippen LogP contribution in [0, 0.1) is 0 Å². The molecule has 178 valence electrons. The summed E-state index contributed by atoms with van der Waals surface area (Å²) < 4.78 is 6.04. The quantitative estimate of drug-likeness (QED) is 0.128. The molecule has 31 heavy (non-hydrogen) atoms. The molecule has 0 heterocycles. The van der Waals surface area contributed by atoms with Gasteiger partial charge in [-0.15, -0.1) is 0 Å². The van der Waals surface area contributed by atoms with Gasteiger partial charge < -0.3 is 9.22 Å². The lowest BCUT2D eigenvalue weighted by atomic mass is 10.0. The Hall–Kier alpha value is -1.06. The van der Waals surface area contributed by atoms with Crippen LogP contribution in [-0.2, 0) is 16.1 Å². The summed E-state index contributed by atoms with van der Waals surface area (Å²) >= 11 is 6.02. The van der Waals surface area contributed by atoms with Gasteiger partial charge in [0.2, 0.25) is 0 Å². The molecule has 0 saturated heterocycles. The predicted octanol–water partition coefficient (Wildman–Crippen LogP) is 7.94. The summed E-state index contributed by atoms with van der Waals surface area (Å²) in [5.41, 5.74) is 1.19. The van der Waals surface area contributed by atoms with Gasteiger partial charge in [0.15, 0.2) is 6.04 Å². The summed E-state index contributed by atoms with van der Waals surface area (Å²) in [7, 11) is 4.27. The second-order valence-electron chi connectivity index (χ2n) is 9.51. The number of halogens is 1. The van der Waals surface area contributed by atoms with Gasteiger partial charge in [0.05, 0.1) is 20.7 Å². The van der Waals surface area contributed by atoms with Gasteiger partial charge in [-0.05, 0) is 25.5 Å². The maximum absolute atomic E-state index is 12.7. The summed E-state index contributed by atoms with van der Waals surface area (Å²) in [6.45, 7) is 5.39. The molecule has 3 nitrogen and oxygen atoms in total. The summed E-state index contributed by atoms with van der Waals surface area (Å²) in [4.78, 5) is 12.7. The van der Waals surface area contributed by atoms with Crippen molar-refractivity contribution in [2.45, 2.75) is 110 Å². The molecule has 0 aliphatic carbocycles. The molecule has 0 N–H and O–H groups in total. The van der Waals surface area contributed by atoms with E-state index in [1.54, 1.807) is 0 Å². The van der Waals surface area contributed by atoms with Gasteiger partial charge in [-0.2, -0.15) is 0 Å². The molecule has 0 aliphatic heterocycles. The Kier molecular flexibility index (Phi) is 14.9. The topological polar surface area (TPSA) is 26.3 Å². The molecule has 0 amide bonds. The van der Waals surface area contributed by atoms with Crippen LogP contribution in [0.2, 0.25) is 5.02 Å². The SMILES string of the molecule is CCCCCCCCCCCCCCC(C(=O)OCC)[N+](C)(C)Cc1ccc(Cl)cc1. The van der Waals surface area contributed by atoms with Crippen LogP contribution in [0.4, 0.5) is 0 Å². The van der Waals surface area contributed by atoms with E-state index in [-0.39, 0.29) is 12.0 Å². The number of quaternary nitrogens is 1. The Bertz CT molecular complexity index is 585. The smallest absolute Gasteiger partial charge is 0.364 e. The summed E-state index contributed by atoms with van der Waals surface area (Å²) in [5.74, 6) is -0.0652. The standard InChI is InChI=1S/C27H47ClNO2/c1-5-7-8-9-10-11-12-13-14-15-16-17-18-26(27(30)31-6-2)29(3,4)23-24-19-21-25(28)22-20-24/h19-22,26H,5-18,23H2,1-4H3/q+1. The van der Waals surface area contributed by atoms with Crippen molar-refractivity contribution in [1.82, 2.24) is 0 Å². The zero-order chi connectivity index (χ0) is 23.0. The van der Waals surface area contributed by atoms with Crippen molar-refractivity contribution in [1.29, 1.82) is 0 Å². The van der Waals surface area contributed by atoms with Crippen molar-refractivity contribution < 1.29 is 14.0 Å². The summed E-state index contributed by atoms with van der Waals surface area (Å²) in [5, 5.41) is 0.743. The van der Waals surface area contributed by atoms with Crippen LogP contribution in [0.1, 0.15) is 103 Å². The maximum Gasteiger partial charge on any atom is 0.364 e. The molecule has 0 radical (unpaired) electrons. The van der Waals surface area contributed by atoms with E-state index >= 15 is 0 Å². The molecular weight excluding hydrogens is 406 g/mol. The monoisotopic (exact) mass is 452 g/mol. The molecule has 1 unspecified atom stereocenters. The molecule has 0 bridgehead atoms. The number of hydrogen-bond donors (Lipinski definition) is 0. The van der Waals surface area contributed by atoms with E-state index in [0.717, 1.165) is 24.4 Å². The third-order valence-electron chi connectivity index (χ3n) is 6.24. The number of benzene rings is 1. The number of carbonyl (C=O) groups excluding carboxylic acids is 1. The van der Waals surface area contributed by atoms with Crippen LogP contribution < -0.4 is 0 Å². The number of rotatable bonds is 18. The lowest BCUT2D eigenvalue weighted by Crippen LogP contribution is -2.52. The van der Waals surface area contributed by atoms with E-state index in [2.05, 4.69) is 21.0 Å². The number of esters is 1. The Morgan fingerprint density at radius 1 is 0.839 bits per heavy atom. The van der Waals surface area contributed by atoms with E-state index in [1.165, 1.54) is 76.2 Å². The Morgan fingerprint density at radius 3 is 1.81 bits per heavy atom. The highest BCUT2D eigenvalue weighted by atomic mass is 35.5. The minimum absolute atomic E-state index is 0.0652. The summed E-state index contributed by atoms with van der Waals surface area (Å²) in [6, 6.07) is 7.81. The molecule has 0 saturated carbocycles. The number of carbonyl (C=O) groups is 1. The average molecular weight is 453 g/mol. The van der Waals surface area contributed by atoms with Gasteiger partial charge in [-0.1, -0.05) is 101 Å². The molecule has 1 atom stereocenters. The third-order valence-corrected chi connectivity index (χ3v) is 6.49. The second kappa shape index (κ2) is 16.6. The number of unbranched alkanes of at least 4 members (excludes halogenated alkanes) is 11. The highest BCUT2D eigenvalue weighted by molar-refractivity contribution is 6.30. The minimum Gasteiger partial charge on any atom is -0.462 e. The molecule has 0 aromatic heterocycles. The lowest BCUT2D eigenvalue weighted by molar-refractivity contribution is -0.920. The van der Waals surface area contributed by atoms with Crippen molar-refractivity contribution >= 4 is 17.6 Å². The molecule has 1 aromatic rings. The highest BCUT2D eigenvalue weighted by Crippen LogP contribution is 2.22. The molecule has 0 spiro atoms. The average Bonchev–Trinajstić information content (AvgIpc) is 2.73. The number of likely N-dealkylation sites (N-methyl/N-ethyl adjacent to an activating group) is 1. The maximum atomic E-state index is 12.7. The second-order valence-corrected chi connectivity index (χ2v) is 9.95. The third kappa shape index (κ3) is 12.5. The fourth-order valence-electron chi connectivity index (χ4n) is 4.34. The highest BCUT2D eigenvalue weighted by Gasteiger charge is 2.35. The molecule has 1 rings (SSSR count). The normalized spacial score (nSPS) is 12.7. The van der Waals surface area contributed by atoms with E-state index < -0.39 is 0 Å². The van der Waals surface area contributed by atoms with Crippen LogP contribution in [0.3, 0.4) is 0 Å². The van der Waals surface area contributed by atoms with E-state index in [4.69, 9.17) is 16.3 Å². The van der Waals surface area contributed by atoms with E-state index in [1.807, 2.05) is 31.2 Å². The van der Waals surface area contributed by atoms with Gasteiger partial charge in [-0.25, -0.2) is 4.79 Å². The first-order valence-electron chi connectivity index (χ1n) is 12.6. The molecule has 4 heteroatoms. The molecular formula is C27H47ClNO2+. The minimum atomic E-state index is -0.126. The summed E-state index contributed by atoms with van der Waals surface area (Å²) in [6.07, 6.45) is 16.8. The van der Waals surface area contributed by atoms with Gasteiger partial charge in [-0.3, -0.25) is 0 Å². The Morgan fingerprint density at radius 2 is 1.32 bits per heavy atom. The zero-order valence-corrected chi connectivity index (χ0v) is 21.4. The van der Waals surface area contributed by atoms with Crippen molar-refractivity contribution in [3.05, 3.63) is 34.9 Å². The van der Waals surface area contributed by atoms with Crippen LogP contribution in [-0.4, -0.2) is 37.2 Å². The van der Waals surface area contributed by atoms with Crippen molar-refractivity contribution in [2.75, 3.05) is 20.7 Å².